The quantitative estimate of drug-likeness (QED) is 0.786. The summed E-state index contributed by atoms with van der Waals surface area (Å²) in [7, 11) is 0. The Hall–Kier alpha value is -0.610. The van der Waals surface area contributed by atoms with Gasteiger partial charge in [-0.15, -0.1) is 0 Å². The molecule has 2 saturated carbocycles. The lowest BCUT2D eigenvalue weighted by atomic mass is 9.76. The zero-order chi connectivity index (χ0) is 14.6. The number of aliphatic hydroxyl groups is 1. The summed E-state index contributed by atoms with van der Waals surface area (Å²) in [4.78, 5) is 12.2. The van der Waals surface area contributed by atoms with Crippen molar-refractivity contribution in [2.24, 2.45) is 11.8 Å². The Balaban J connectivity index is 1.76. The van der Waals surface area contributed by atoms with Crippen LogP contribution >= 0.6 is 0 Å². The van der Waals surface area contributed by atoms with E-state index in [1.807, 2.05) is 6.92 Å². The molecule has 0 aromatic heterocycles. The largest absolute Gasteiger partial charge is 0.394 e. The van der Waals surface area contributed by atoms with Crippen molar-refractivity contribution in [2.45, 2.75) is 70.4 Å². The Morgan fingerprint density at radius 3 is 2.80 bits per heavy atom. The molecule has 2 atom stereocenters. The SMILES string of the molecule is CCOC1CC(CC(=O)NC2(CO)CCCC(C)C2)C1. The van der Waals surface area contributed by atoms with Crippen molar-refractivity contribution in [3.63, 3.8) is 0 Å². The Morgan fingerprint density at radius 1 is 1.45 bits per heavy atom. The lowest BCUT2D eigenvalue weighted by Crippen LogP contribution is -2.54. The van der Waals surface area contributed by atoms with Crippen molar-refractivity contribution >= 4 is 5.91 Å². The topological polar surface area (TPSA) is 58.6 Å². The highest BCUT2D eigenvalue weighted by Crippen LogP contribution is 2.34. The molecule has 2 aliphatic rings. The molecule has 2 unspecified atom stereocenters. The predicted octanol–water partition coefficient (Wildman–Crippen LogP) is 2.25. The van der Waals surface area contributed by atoms with Crippen molar-refractivity contribution < 1.29 is 14.6 Å². The van der Waals surface area contributed by atoms with Crippen LogP contribution in [-0.4, -0.2) is 35.9 Å². The average molecular weight is 283 g/mol. The lowest BCUT2D eigenvalue weighted by Gasteiger charge is -2.40. The average Bonchev–Trinajstić information content (AvgIpc) is 2.36. The Morgan fingerprint density at radius 2 is 2.20 bits per heavy atom. The highest BCUT2D eigenvalue weighted by molar-refractivity contribution is 5.77. The molecule has 0 aliphatic heterocycles. The van der Waals surface area contributed by atoms with Gasteiger partial charge in [-0.25, -0.2) is 0 Å². The maximum atomic E-state index is 12.2. The Labute approximate surface area is 122 Å². The summed E-state index contributed by atoms with van der Waals surface area (Å²) >= 11 is 0. The zero-order valence-electron chi connectivity index (χ0n) is 12.9. The van der Waals surface area contributed by atoms with E-state index in [0.29, 0.717) is 24.4 Å². The smallest absolute Gasteiger partial charge is 0.220 e. The highest BCUT2D eigenvalue weighted by Gasteiger charge is 2.37. The van der Waals surface area contributed by atoms with E-state index in [0.717, 1.165) is 38.7 Å². The first-order valence-corrected chi connectivity index (χ1v) is 8.10. The van der Waals surface area contributed by atoms with Gasteiger partial charge in [-0.3, -0.25) is 4.79 Å². The summed E-state index contributed by atoms with van der Waals surface area (Å²) in [6.07, 6.45) is 7.06. The standard InChI is InChI=1S/C16H29NO3/c1-3-20-14-7-13(8-14)9-15(19)17-16(11-18)6-4-5-12(2)10-16/h12-14,18H,3-11H2,1-2H3,(H,17,19). The van der Waals surface area contributed by atoms with Crippen molar-refractivity contribution in [3.8, 4) is 0 Å². The van der Waals surface area contributed by atoms with Gasteiger partial charge < -0.3 is 15.2 Å². The molecule has 0 aromatic carbocycles. The maximum absolute atomic E-state index is 12.2. The Kier molecular flexibility index (Phi) is 5.44. The molecule has 20 heavy (non-hydrogen) atoms. The molecule has 0 aromatic rings. The van der Waals surface area contributed by atoms with E-state index >= 15 is 0 Å². The number of hydrogen-bond donors (Lipinski definition) is 2. The number of rotatable bonds is 6. The zero-order valence-corrected chi connectivity index (χ0v) is 12.9. The van der Waals surface area contributed by atoms with Crippen LogP contribution in [-0.2, 0) is 9.53 Å². The van der Waals surface area contributed by atoms with Gasteiger partial charge in [0.15, 0.2) is 0 Å². The van der Waals surface area contributed by atoms with Crippen LogP contribution in [0.15, 0.2) is 0 Å². The monoisotopic (exact) mass is 283 g/mol. The van der Waals surface area contributed by atoms with Crippen LogP contribution in [0.2, 0.25) is 0 Å². The first-order chi connectivity index (χ1) is 9.57. The number of aliphatic hydroxyl groups excluding tert-OH is 1. The van der Waals surface area contributed by atoms with Crippen LogP contribution < -0.4 is 5.32 Å². The van der Waals surface area contributed by atoms with Gasteiger partial charge in [0.05, 0.1) is 18.2 Å². The molecule has 0 saturated heterocycles. The first kappa shape index (κ1) is 15.8. The summed E-state index contributed by atoms with van der Waals surface area (Å²) in [5.41, 5.74) is -0.363. The molecule has 0 heterocycles. The number of nitrogens with one attached hydrogen (secondary N) is 1. The van der Waals surface area contributed by atoms with Crippen LogP contribution in [0.25, 0.3) is 0 Å². The molecule has 2 aliphatic carbocycles. The van der Waals surface area contributed by atoms with E-state index in [-0.39, 0.29) is 18.1 Å². The van der Waals surface area contributed by atoms with Crippen LogP contribution in [0.4, 0.5) is 0 Å². The minimum absolute atomic E-state index is 0.0648. The van der Waals surface area contributed by atoms with Crippen molar-refractivity contribution in [3.05, 3.63) is 0 Å². The van der Waals surface area contributed by atoms with Crippen LogP contribution in [0.3, 0.4) is 0 Å². The highest BCUT2D eigenvalue weighted by atomic mass is 16.5. The second-order valence-corrected chi connectivity index (χ2v) is 6.81. The predicted molar refractivity (Wildman–Crippen MR) is 78.3 cm³/mol. The van der Waals surface area contributed by atoms with Crippen molar-refractivity contribution in [1.29, 1.82) is 0 Å². The van der Waals surface area contributed by atoms with Gasteiger partial charge in [0.1, 0.15) is 0 Å². The third kappa shape index (κ3) is 3.95. The molecular weight excluding hydrogens is 254 g/mol. The normalized spacial score (nSPS) is 37.2. The minimum Gasteiger partial charge on any atom is -0.394 e. The second-order valence-electron chi connectivity index (χ2n) is 6.81. The first-order valence-electron chi connectivity index (χ1n) is 8.10. The molecule has 2 rings (SSSR count). The third-order valence-corrected chi connectivity index (χ3v) is 4.87. The molecule has 2 fully saturated rings. The van der Waals surface area contributed by atoms with Crippen LogP contribution in [0.5, 0.6) is 0 Å². The second kappa shape index (κ2) is 6.90. The van der Waals surface area contributed by atoms with Gasteiger partial charge in [-0.2, -0.15) is 0 Å². The number of carbonyl (C=O) groups excluding carboxylic acids is 1. The summed E-state index contributed by atoms with van der Waals surface area (Å²) in [5.74, 6) is 1.15. The summed E-state index contributed by atoms with van der Waals surface area (Å²) in [6.45, 7) is 5.04. The molecule has 2 N–H and O–H groups in total. The number of amides is 1. The number of ether oxygens (including phenoxy) is 1. The summed E-state index contributed by atoms with van der Waals surface area (Å²) in [5, 5.41) is 12.8. The fraction of sp³-hybridized carbons (Fsp3) is 0.938. The van der Waals surface area contributed by atoms with E-state index in [4.69, 9.17) is 4.74 Å². The molecule has 4 heteroatoms. The van der Waals surface area contributed by atoms with Gasteiger partial charge in [0, 0.05) is 13.0 Å². The van der Waals surface area contributed by atoms with E-state index in [1.54, 1.807) is 0 Å². The van der Waals surface area contributed by atoms with E-state index in [9.17, 15) is 9.90 Å². The molecule has 0 bridgehead atoms. The van der Waals surface area contributed by atoms with Gasteiger partial charge >= 0.3 is 0 Å². The van der Waals surface area contributed by atoms with Crippen molar-refractivity contribution in [2.75, 3.05) is 13.2 Å². The summed E-state index contributed by atoms with van der Waals surface area (Å²) < 4.78 is 5.52. The van der Waals surface area contributed by atoms with E-state index in [1.165, 1.54) is 6.42 Å². The van der Waals surface area contributed by atoms with E-state index < -0.39 is 0 Å². The Bertz CT molecular complexity index is 328. The fourth-order valence-electron chi connectivity index (χ4n) is 3.78. The van der Waals surface area contributed by atoms with Crippen LogP contribution in [0.1, 0.15) is 58.8 Å². The molecule has 0 radical (unpaired) electrons. The number of hydrogen-bond acceptors (Lipinski definition) is 3. The van der Waals surface area contributed by atoms with Gasteiger partial charge in [-0.1, -0.05) is 19.8 Å². The molecule has 1 amide bonds. The molecule has 4 nitrogen and oxygen atoms in total. The molecular formula is C16H29NO3. The van der Waals surface area contributed by atoms with Gasteiger partial charge in [0.2, 0.25) is 5.91 Å². The molecule has 116 valence electrons. The van der Waals surface area contributed by atoms with Crippen molar-refractivity contribution in [1.82, 2.24) is 5.32 Å². The summed E-state index contributed by atoms with van der Waals surface area (Å²) in [6, 6.07) is 0. The molecule has 0 spiro atoms. The van der Waals surface area contributed by atoms with Crippen LogP contribution in [0, 0.1) is 11.8 Å². The third-order valence-electron chi connectivity index (χ3n) is 4.87. The number of carbonyl (C=O) groups is 1. The van der Waals surface area contributed by atoms with Gasteiger partial charge in [-0.05, 0) is 44.4 Å². The van der Waals surface area contributed by atoms with E-state index in [2.05, 4.69) is 12.2 Å². The minimum atomic E-state index is -0.363. The lowest BCUT2D eigenvalue weighted by molar-refractivity contribution is -0.127. The fourth-order valence-corrected chi connectivity index (χ4v) is 3.78. The van der Waals surface area contributed by atoms with Gasteiger partial charge in [0.25, 0.3) is 0 Å². The maximum Gasteiger partial charge on any atom is 0.220 e.